The Morgan fingerprint density at radius 1 is 1.33 bits per heavy atom. The van der Waals surface area contributed by atoms with E-state index in [0.29, 0.717) is 23.5 Å². The van der Waals surface area contributed by atoms with Crippen LogP contribution in [0.3, 0.4) is 0 Å². The van der Waals surface area contributed by atoms with Crippen LogP contribution >= 0.6 is 11.6 Å². The van der Waals surface area contributed by atoms with Gasteiger partial charge in [0.2, 0.25) is 15.9 Å². The Kier molecular flexibility index (Phi) is 3.72. The van der Waals surface area contributed by atoms with E-state index in [1.807, 2.05) is 6.20 Å². The highest BCUT2D eigenvalue weighted by Gasteiger charge is 2.34. The van der Waals surface area contributed by atoms with E-state index in [-0.39, 0.29) is 29.8 Å². The zero-order valence-corrected chi connectivity index (χ0v) is 16.0. The van der Waals surface area contributed by atoms with E-state index in [2.05, 4.69) is 15.2 Å². The van der Waals surface area contributed by atoms with Gasteiger partial charge in [-0.3, -0.25) is 0 Å². The molecule has 27 heavy (non-hydrogen) atoms. The molecule has 0 atom stereocenters. The van der Waals surface area contributed by atoms with E-state index in [0.717, 1.165) is 16.4 Å². The fourth-order valence-electron chi connectivity index (χ4n) is 3.40. The van der Waals surface area contributed by atoms with Crippen molar-refractivity contribution in [1.82, 2.24) is 28.7 Å². The molecule has 0 spiro atoms. The minimum atomic E-state index is -3.97. The van der Waals surface area contributed by atoms with Gasteiger partial charge in [0.1, 0.15) is 6.33 Å². The first-order valence-electron chi connectivity index (χ1n) is 9.76. The van der Waals surface area contributed by atoms with E-state index in [9.17, 15) is 8.42 Å². The van der Waals surface area contributed by atoms with Crippen molar-refractivity contribution < 1.29 is 17.3 Å². The predicted molar refractivity (Wildman–Crippen MR) is 98.5 cm³/mol. The second-order valence-corrected chi connectivity index (χ2v) is 8.67. The summed E-state index contributed by atoms with van der Waals surface area (Å²) >= 11 is 6.41. The minimum Gasteiger partial charge on any atom is -0.480 e. The lowest BCUT2D eigenvalue weighted by Crippen LogP contribution is -2.38. The molecule has 0 radical (unpaired) electrons. The summed E-state index contributed by atoms with van der Waals surface area (Å²) in [6.45, 7) is 0.502. The van der Waals surface area contributed by atoms with Crippen LogP contribution in [-0.4, -0.2) is 57.2 Å². The van der Waals surface area contributed by atoms with Gasteiger partial charge in [0.05, 0.1) is 17.3 Å². The van der Waals surface area contributed by atoms with Crippen molar-refractivity contribution >= 4 is 27.3 Å². The third kappa shape index (κ3) is 3.07. The highest BCUT2D eigenvalue weighted by Crippen LogP contribution is 2.35. The third-order valence-electron chi connectivity index (χ3n) is 4.85. The highest BCUT2D eigenvalue weighted by molar-refractivity contribution is 7.89. The van der Waals surface area contributed by atoms with Crippen LogP contribution in [0.1, 0.15) is 28.4 Å². The van der Waals surface area contributed by atoms with Gasteiger partial charge in [0.25, 0.3) is 0 Å². The Morgan fingerprint density at radius 3 is 2.85 bits per heavy atom. The normalized spacial score (nSPS) is 19.0. The van der Waals surface area contributed by atoms with Gasteiger partial charge in [-0.05, 0) is 24.3 Å². The smallest absolute Gasteiger partial charge is 0.250 e. The number of aromatic nitrogens is 5. The van der Waals surface area contributed by atoms with Crippen molar-refractivity contribution in [2.24, 2.45) is 7.05 Å². The molecule has 9 nitrogen and oxygen atoms in total. The molecule has 0 unspecified atom stereocenters. The molecule has 0 N–H and O–H groups in total. The molecular weight excluding hydrogens is 392 g/mol. The second kappa shape index (κ2) is 6.77. The first-order valence-corrected chi connectivity index (χ1v) is 10.1. The summed E-state index contributed by atoms with van der Waals surface area (Å²) < 4.78 is 57.0. The molecule has 0 saturated carbocycles. The topological polar surface area (TPSA) is 94.6 Å². The van der Waals surface area contributed by atoms with Gasteiger partial charge in [-0.2, -0.15) is 14.5 Å². The van der Waals surface area contributed by atoms with Crippen molar-refractivity contribution in [2.75, 3.05) is 20.1 Å². The third-order valence-corrected chi connectivity index (χ3v) is 7.06. The summed E-state index contributed by atoms with van der Waals surface area (Å²) in [5.74, 6) is -0.249. The molecule has 144 valence electrons. The molecular formula is C16H19ClN6O3S. The first kappa shape index (κ1) is 14.8. The van der Waals surface area contributed by atoms with Gasteiger partial charge in [-0.15, -0.1) is 0 Å². The van der Waals surface area contributed by atoms with Crippen LogP contribution in [0.15, 0.2) is 29.7 Å². The van der Waals surface area contributed by atoms with Crippen molar-refractivity contribution in [1.29, 1.82) is 0 Å². The van der Waals surface area contributed by atoms with Crippen molar-refractivity contribution in [3.63, 3.8) is 0 Å². The summed E-state index contributed by atoms with van der Waals surface area (Å²) in [6.07, 6.45) is 5.47. The van der Waals surface area contributed by atoms with Crippen LogP contribution in [0.25, 0.3) is 5.65 Å². The van der Waals surface area contributed by atoms with Crippen molar-refractivity contribution in [3.8, 4) is 5.88 Å². The number of rotatable bonds is 4. The van der Waals surface area contributed by atoms with Gasteiger partial charge in [-0.25, -0.2) is 22.6 Å². The lowest BCUT2D eigenvalue weighted by Gasteiger charge is -2.31. The molecule has 3 aromatic rings. The highest BCUT2D eigenvalue weighted by atomic mass is 35.5. The Labute approximate surface area is 165 Å². The molecule has 4 heterocycles. The quantitative estimate of drug-likeness (QED) is 0.646. The minimum absolute atomic E-state index is 0.0598. The largest absolute Gasteiger partial charge is 0.480 e. The summed E-state index contributed by atoms with van der Waals surface area (Å²) in [4.78, 5) is 3.84. The van der Waals surface area contributed by atoms with Gasteiger partial charge in [0, 0.05) is 37.4 Å². The first-order chi connectivity index (χ1) is 14.1. The van der Waals surface area contributed by atoms with Crippen LogP contribution in [-0.2, 0) is 17.1 Å². The number of hydrogen-bond donors (Lipinski definition) is 0. The maximum atomic E-state index is 13.1. The zero-order valence-electron chi connectivity index (χ0n) is 17.4. The predicted octanol–water partition coefficient (Wildman–Crippen LogP) is 1.69. The van der Waals surface area contributed by atoms with Crippen LogP contribution < -0.4 is 4.74 Å². The molecule has 11 heteroatoms. The summed E-state index contributed by atoms with van der Waals surface area (Å²) in [5, 5.41) is 8.55. The molecule has 3 aromatic heterocycles. The Morgan fingerprint density at radius 2 is 2.11 bits per heavy atom. The van der Waals surface area contributed by atoms with Crippen LogP contribution in [0, 0.1) is 0 Å². The van der Waals surface area contributed by atoms with E-state index in [1.54, 1.807) is 10.6 Å². The molecule has 1 aliphatic heterocycles. The SMILES string of the molecule is [2H]C([2H])([2H])Oc1c(S(=O)(=O)N2CCC(c3cn4ncnc4cc3Cl)CC2)cnn1C. The van der Waals surface area contributed by atoms with E-state index in [1.165, 1.54) is 17.7 Å². The number of ether oxygens (including phenoxy) is 1. The number of aryl methyl sites for hydroxylation is 1. The van der Waals surface area contributed by atoms with E-state index >= 15 is 0 Å². The van der Waals surface area contributed by atoms with Gasteiger partial charge in [0.15, 0.2) is 10.5 Å². The molecule has 1 fully saturated rings. The number of sulfonamides is 1. The van der Waals surface area contributed by atoms with Crippen LogP contribution in [0.2, 0.25) is 5.02 Å². The lowest BCUT2D eigenvalue weighted by atomic mass is 9.91. The average Bonchev–Trinajstić information content (AvgIpc) is 3.26. The fourth-order valence-corrected chi connectivity index (χ4v) is 5.24. The number of pyridine rings is 1. The molecule has 0 aliphatic carbocycles. The molecule has 4 rings (SSSR count). The maximum absolute atomic E-state index is 13.1. The average molecular weight is 414 g/mol. The molecule has 0 amide bonds. The monoisotopic (exact) mass is 413 g/mol. The Balaban J connectivity index is 1.54. The lowest BCUT2D eigenvalue weighted by molar-refractivity contribution is 0.315. The van der Waals surface area contributed by atoms with E-state index < -0.39 is 17.1 Å². The van der Waals surface area contributed by atoms with Crippen molar-refractivity contribution in [2.45, 2.75) is 23.7 Å². The molecule has 1 aliphatic rings. The fraction of sp³-hybridized carbons (Fsp3) is 0.438. The van der Waals surface area contributed by atoms with Gasteiger partial charge in [-0.1, -0.05) is 11.6 Å². The molecule has 0 aromatic carbocycles. The van der Waals surface area contributed by atoms with Crippen molar-refractivity contribution in [3.05, 3.63) is 35.4 Å². The van der Waals surface area contributed by atoms with Gasteiger partial charge < -0.3 is 4.74 Å². The number of nitrogens with zero attached hydrogens (tertiary/aromatic N) is 6. The standard InChI is InChI=1S/C16H19ClN6O3S/c1-21-16(26-2)14(8-19-21)27(24,25)22-5-3-11(4-6-22)12-9-23-15(7-13(12)17)18-10-20-23/h7-11H,3-6H2,1-2H3/i2D3. The zero-order chi connectivity index (χ0) is 21.7. The number of halogens is 1. The summed E-state index contributed by atoms with van der Waals surface area (Å²) in [7, 11) is -5.34. The van der Waals surface area contributed by atoms with Crippen LogP contribution in [0.5, 0.6) is 5.88 Å². The Bertz CT molecular complexity index is 1180. The second-order valence-electron chi connectivity index (χ2n) is 6.36. The Hall–Kier alpha value is -2.17. The number of fused-ring (bicyclic) bond motifs is 1. The van der Waals surface area contributed by atoms with Crippen LogP contribution in [0.4, 0.5) is 0 Å². The molecule has 1 saturated heterocycles. The maximum Gasteiger partial charge on any atom is 0.250 e. The van der Waals surface area contributed by atoms with Gasteiger partial charge >= 0.3 is 0 Å². The molecule has 0 bridgehead atoms. The number of methoxy groups -OCH3 is 1. The number of piperidine rings is 1. The summed E-state index contributed by atoms with van der Waals surface area (Å²) in [5.41, 5.74) is 1.53. The summed E-state index contributed by atoms with van der Waals surface area (Å²) in [6, 6.07) is 1.74. The van der Waals surface area contributed by atoms with E-state index in [4.69, 9.17) is 20.5 Å². The number of hydrogen-bond acceptors (Lipinski definition) is 6.